The number of carbonyl (C=O) groups excluding carboxylic acids is 1. The van der Waals surface area contributed by atoms with Crippen LogP contribution in [0.1, 0.15) is 53.4 Å². The maximum absolute atomic E-state index is 12.5. The molecular formula is C16H25ClN2OS. The van der Waals surface area contributed by atoms with E-state index in [1.807, 2.05) is 0 Å². The quantitative estimate of drug-likeness (QED) is 0.895. The molecule has 2 aliphatic carbocycles. The lowest BCUT2D eigenvalue weighted by Gasteiger charge is -2.21. The van der Waals surface area contributed by atoms with Crippen molar-refractivity contribution in [2.45, 2.75) is 51.5 Å². The Morgan fingerprint density at radius 2 is 2.24 bits per heavy atom. The minimum atomic E-state index is 0. The van der Waals surface area contributed by atoms with E-state index in [4.69, 9.17) is 5.73 Å². The van der Waals surface area contributed by atoms with Gasteiger partial charge in [-0.05, 0) is 56.0 Å². The van der Waals surface area contributed by atoms with Gasteiger partial charge in [-0.15, -0.1) is 23.7 Å². The molecule has 0 saturated heterocycles. The molecule has 5 heteroatoms. The third-order valence-corrected chi connectivity index (χ3v) is 5.98. The zero-order chi connectivity index (χ0) is 14.1. The highest BCUT2D eigenvalue weighted by Gasteiger charge is 2.29. The molecule has 1 aromatic heterocycles. The first-order chi connectivity index (χ1) is 9.69. The molecule has 2 aliphatic rings. The highest BCUT2D eigenvalue weighted by Crippen LogP contribution is 2.33. The van der Waals surface area contributed by atoms with Crippen LogP contribution in [-0.4, -0.2) is 18.5 Å². The van der Waals surface area contributed by atoms with Crippen molar-refractivity contribution >= 4 is 29.7 Å². The van der Waals surface area contributed by atoms with Crippen molar-refractivity contribution in [3.05, 3.63) is 21.4 Å². The van der Waals surface area contributed by atoms with Gasteiger partial charge in [0.05, 0.1) is 5.56 Å². The van der Waals surface area contributed by atoms with Gasteiger partial charge in [0, 0.05) is 16.3 Å². The molecule has 1 fully saturated rings. The standard InChI is InChI=1S/C16H24N2OS.ClH/c1-10-5-6-12-13(9-20-15(12)7-10)16(19)18-14-4-2-3-11(14)8-17;/h9-11,14H,2-8,17H2,1H3,(H,18,19);1H. The minimum absolute atomic E-state index is 0. The Labute approximate surface area is 137 Å². The molecule has 0 radical (unpaired) electrons. The fraction of sp³-hybridized carbons (Fsp3) is 0.688. The van der Waals surface area contributed by atoms with Crippen LogP contribution >= 0.6 is 23.7 Å². The van der Waals surface area contributed by atoms with E-state index in [1.165, 1.54) is 23.3 Å². The molecule has 3 N–H and O–H groups in total. The SMILES string of the molecule is CC1CCc2c(C(=O)NC3CCCC3CN)csc2C1.Cl. The lowest BCUT2D eigenvalue weighted by atomic mass is 9.88. The average Bonchev–Trinajstić information content (AvgIpc) is 3.04. The highest BCUT2D eigenvalue weighted by molar-refractivity contribution is 7.10. The molecule has 1 saturated carbocycles. The van der Waals surface area contributed by atoms with Gasteiger partial charge in [-0.1, -0.05) is 13.3 Å². The number of nitrogens with one attached hydrogen (secondary N) is 1. The molecule has 0 aromatic carbocycles. The van der Waals surface area contributed by atoms with Gasteiger partial charge in [-0.25, -0.2) is 0 Å². The van der Waals surface area contributed by atoms with Crippen LogP contribution in [0, 0.1) is 11.8 Å². The Bertz CT molecular complexity index is 502. The van der Waals surface area contributed by atoms with Crippen LogP contribution < -0.4 is 11.1 Å². The summed E-state index contributed by atoms with van der Waals surface area (Å²) in [6.07, 6.45) is 6.83. The van der Waals surface area contributed by atoms with Crippen molar-refractivity contribution in [1.82, 2.24) is 5.32 Å². The summed E-state index contributed by atoms with van der Waals surface area (Å²) >= 11 is 1.76. The van der Waals surface area contributed by atoms with E-state index in [-0.39, 0.29) is 24.4 Å². The van der Waals surface area contributed by atoms with Crippen LogP contribution in [0.2, 0.25) is 0 Å². The van der Waals surface area contributed by atoms with Gasteiger partial charge in [0.25, 0.3) is 5.91 Å². The second-order valence-electron chi connectivity index (χ2n) is 6.41. The zero-order valence-electron chi connectivity index (χ0n) is 12.6. The van der Waals surface area contributed by atoms with E-state index < -0.39 is 0 Å². The first-order valence-corrected chi connectivity index (χ1v) is 8.67. The van der Waals surface area contributed by atoms with E-state index in [2.05, 4.69) is 17.6 Å². The summed E-state index contributed by atoms with van der Waals surface area (Å²) < 4.78 is 0. The molecule has 1 heterocycles. The predicted molar refractivity (Wildman–Crippen MR) is 90.4 cm³/mol. The van der Waals surface area contributed by atoms with Crippen LogP contribution in [0.15, 0.2) is 5.38 Å². The van der Waals surface area contributed by atoms with Crippen molar-refractivity contribution < 1.29 is 4.79 Å². The molecule has 0 bridgehead atoms. The second-order valence-corrected chi connectivity index (χ2v) is 7.37. The Kier molecular flexibility index (Phi) is 5.69. The third-order valence-electron chi connectivity index (χ3n) is 4.92. The minimum Gasteiger partial charge on any atom is -0.349 e. The Morgan fingerprint density at radius 3 is 3.00 bits per heavy atom. The first-order valence-electron chi connectivity index (χ1n) is 7.79. The fourth-order valence-corrected chi connectivity index (χ4v) is 4.87. The molecule has 118 valence electrons. The van der Waals surface area contributed by atoms with E-state index in [0.717, 1.165) is 37.2 Å². The number of thiophene rings is 1. The van der Waals surface area contributed by atoms with Crippen molar-refractivity contribution in [3.63, 3.8) is 0 Å². The molecule has 3 atom stereocenters. The predicted octanol–water partition coefficient (Wildman–Crippen LogP) is 3.15. The van der Waals surface area contributed by atoms with Crippen LogP contribution in [0.4, 0.5) is 0 Å². The van der Waals surface area contributed by atoms with Gasteiger partial charge in [0.1, 0.15) is 0 Å². The number of halogens is 1. The molecule has 3 nitrogen and oxygen atoms in total. The van der Waals surface area contributed by atoms with Crippen LogP contribution in [0.25, 0.3) is 0 Å². The summed E-state index contributed by atoms with van der Waals surface area (Å²) in [5.74, 6) is 1.35. The van der Waals surface area contributed by atoms with Gasteiger partial charge < -0.3 is 11.1 Å². The Morgan fingerprint density at radius 1 is 1.43 bits per heavy atom. The van der Waals surface area contributed by atoms with Crippen LogP contribution in [0.3, 0.4) is 0 Å². The van der Waals surface area contributed by atoms with E-state index in [9.17, 15) is 4.79 Å². The van der Waals surface area contributed by atoms with E-state index in [1.54, 1.807) is 11.3 Å². The van der Waals surface area contributed by atoms with E-state index in [0.29, 0.717) is 12.5 Å². The smallest absolute Gasteiger partial charge is 0.252 e. The summed E-state index contributed by atoms with van der Waals surface area (Å²) in [4.78, 5) is 14.0. The molecule has 21 heavy (non-hydrogen) atoms. The largest absolute Gasteiger partial charge is 0.349 e. The normalized spacial score (nSPS) is 27.8. The summed E-state index contributed by atoms with van der Waals surface area (Å²) in [7, 11) is 0. The van der Waals surface area contributed by atoms with Gasteiger partial charge in [-0.2, -0.15) is 0 Å². The topological polar surface area (TPSA) is 55.1 Å². The van der Waals surface area contributed by atoms with Gasteiger partial charge >= 0.3 is 0 Å². The molecular weight excluding hydrogens is 304 g/mol. The first kappa shape index (κ1) is 16.8. The number of hydrogen-bond donors (Lipinski definition) is 2. The summed E-state index contributed by atoms with van der Waals surface area (Å²) in [5.41, 5.74) is 8.04. The molecule has 3 unspecified atom stereocenters. The number of rotatable bonds is 3. The second kappa shape index (κ2) is 7.12. The Hall–Kier alpha value is -0.580. The zero-order valence-corrected chi connectivity index (χ0v) is 14.2. The molecule has 1 amide bonds. The molecule has 0 aliphatic heterocycles. The number of amides is 1. The number of hydrogen-bond acceptors (Lipinski definition) is 3. The summed E-state index contributed by atoms with van der Waals surface area (Å²) in [5, 5.41) is 5.29. The third kappa shape index (κ3) is 3.43. The van der Waals surface area contributed by atoms with Gasteiger partial charge in [-0.3, -0.25) is 4.79 Å². The summed E-state index contributed by atoms with van der Waals surface area (Å²) in [6, 6.07) is 0.283. The molecule has 3 rings (SSSR count). The van der Waals surface area contributed by atoms with E-state index >= 15 is 0 Å². The lowest BCUT2D eigenvalue weighted by molar-refractivity contribution is 0.0928. The van der Waals surface area contributed by atoms with Crippen molar-refractivity contribution in [3.8, 4) is 0 Å². The van der Waals surface area contributed by atoms with Crippen molar-refractivity contribution in [2.75, 3.05) is 6.54 Å². The molecule has 1 aromatic rings. The molecule has 0 spiro atoms. The Balaban J connectivity index is 0.00000161. The van der Waals surface area contributed by atoms with Crippen molar-refractivity contribution in [1.29, 1.82) is 0 Å². The monoisotopic (exact) mass is 328 g/mol. The number of carbonyl (C=O) groups is 1. The highest BCUT2D eigenvalue weighted by atomic mass is 35.5. The lowest BCUT2D eigenvalue weighted by Crippen LogP contribution is -2.40. The maximum Gasteiger partial charge on any atom is 0.252 e. The van der Waals surface area contributed by atoms with Crippen LogP contribution in [-0.2, 0) is 12.8 Å². The fourth-order valence-electron chi connectivity index (χ4n) is 3.62. The maximum atomic E-state index is 12.5. The van der Waals surface area contributed by atoms with Gasteiger partial charge in [0.15, 0.2) is 0 Å². The number of nitrogens with two attached hydrogens (primary N) is 1. The van der Waals surface area contributed by atoms with Gasteiger partial charge in [0.2, 0.25) is 0 Å². The van der Waals surface area contributed by atoms with Crippen LogP contribution in [0.5, 0.6) is 0 Å². The summed E-state index contributed by atoms with van der Waals surface area (Å²) in [6.45, 7) is 2.98. The number of fused-ring (bicyclic) bond motifs is 1. The van der Waals surface area contributed by atoms with Crippen molar-refractivity contribution in [2.24, 2.45) is 17.6 Å². The average molecular weight is 329 g/mol.